The minimum absolute atomic E-state index is 0.0613. The number of benzene rings is 1. The standard InChI is InChI=1S/C21H27N3O/c1-21(2,3)17-11-9-16(10-12-17)20(25)22-15-18-7-6-8-19(23-18)24-13-4-5-14-24/h6-12H,4-5,13-15H2,1-3H3,(H,22,25). The van der Waals surface area contributed by atoms with Gasteiger partial charge in [0.05, 0.1) is 12.2 Å². The first-order valence-electron chi connectivity index (χ1n) is 9.03. The number of hydrogen-bond donors (Lipinski definition) is 1. The molecule has 0 saturated carbocycles. The Kier molecular flexibility index (Phi) is 5.07. The highest BCUT2D eigenvalue weighted by Crippen LogP contribution is 2.22. The van der Waals surface area contributed by atoms with Crippen LogP contribution >= 0.6 is 0 Å². The Morgan fingerprint density at radius 2 is 1.76 bits per heavy atom. The van der Waals surface area contributed by atoms with Gasteiger partial charge in [-0.05, 0) is 48.1 Å². The second kappa shape index (κ2) is 7.26. The molecule has 0 spiro atoms. The van der Waals surface area contributed by atoms with Crippen molar-refractivity contribution in [3.8, 4) is 0 Å². The summed E-state index contributed by atoms with van der Waals surface area (Å²) < 4.78 is 0. The monoisotopic (exact) mass is 337 g/mol. The van der Waals surface area contributed by atoms with Crippen molar-refractivity contribution >= 4 is 11.7 Å². The predicted octanol–water partition coefficient (Wildman–Crippen LogP) is 3.91. The number of carbonyl (C=O) groups excluding carboxylic acids is 1. The molecule has 1 N–H and O–H groups in total. The number of nitrogens with zero attached hydrogens (tertiary/aromatic N) is 2. The summed E-state index contributed by atoms with van der Waals surface area (Å²) in [6, 6.07) is 13.9. The first kappa shape index (κ1) is 17.5. The lowest BCUT2D eigenvalue weighted by Gasteiger charge is -2.19. The Morgan fingerprint density at radius 1 is 1.08 bits per heavy atom. The van der Waals surface area contributed by atoms with Crippen LogP contribution in [0.5, 0.6) is 0 Å². The summed E-state index contributed by atoms with van der Waals surface area (Å²) in [5, 5.41) is 2.97. The van der Waals surface area contributed by atoms with Crippen LogP contribution in [-0.4, -0.2) is 24.0 Å². The fourth-order valence-corrected chi connectivity index (χ4v) is 3.08. The molecular weight excluding hydrogens is 310 g/mol. The van der Waals surface area contributed by atoms with E-state index in [0.29, 0.717) is 12.1 Å². The van der Waals surface area contributed by atoms with Gasteiger partial charge in [0.25, 0.3) is 5.91 Å². The van der Waals surface area contributed by atoms with Gasteiger partial charge in [-0.25, -0.2) is 4.98 Å². The molecule has 132 valence electrons. The predicted molar refractivity (Wildman–Crippen MR) is 102 cm³/mol. The molecule has 1 aromatic carbocycles. The highest BCUT2D eigenvalue weighted by atomic mass is 16.1. The van der Waals surface area contributed by atoms with E-state index in [-0.39, 0.29) is 11.3 Å². The van der Waals surface area contributed by atoms with Gasteiger partial charge in [0.2, 0.25) is 0 Å². The zero-order chi connectivity index (χ0) is 17.9. The number of carbonyl (C=O) groups is 1. The summed E-state index contributed by atoms with van der Waals surface area (Å²) in [5.74, 6) is 0.951. The third kappa shape index (κ3) is 4.38. The third-order valence-corrected chi connectivity index (χ3v) is 4.67. The van der Waals surface area contributed by atoms with Crippen LogP contribution in [0.3, 0.4) is 0 Å². The Balaban J connectivity index is 1.61. The zero-order valence-corrected chi connectivity index (χ0v) is 15.4. The lowest BCUT2D eigenvalue weighted by Crippen LogP contribution is -2.24. The molecule has 1 aliphatic rings. The molecule has 2 aromatic rings. The molecule has 4 heteroatoms. The second-order valence-corrected chi connectivity index (χ2v) is 7.69. The molecule has 0 aliphatic carbocycles. The number of nitrogens with one attached hydrogen (secondary N) is 1. The minimum atomic E-state index is -0.0613. The average Bonchev–Trinajstić information content (AvgIpc) is 3.14. The maximum atomic E-state index is 12.4. The number of rotatable bonds is 4. The van der Waals surface area contributed by atoms with E-state index in [1.165, 1.54) is 18.4 Å². The molecule has 0 radical (unpaired) electrons. The zero-order valence-electron chi connectivity index (χ0n) is 15.4. The fraction of sp³-hybridized carbons (Fsp3) is 0.429. The molecule has 0 unspecified atom stereocenters. The molecule has 1 aromatic heterocycles. The van der Waals surface area contributed by atoms with Crippen LogP contribution in [0.25, 0.3) is 0 Å². The highest BCUT2D eigenvalue weighted by Gasteiger charge is 2.15. The Bertz CT molecular complexity index is 726. The molecule has 0 atom stereocenters. The van der Waals surface area contributed by atoms with Crippen molar-refractivity contribution in [3.05, 3.63) is 59.3 Å². The van der Waals surface area contributed by atoms with Gasteiger partial charge in [-0.15, -0.1) is 0 Å². The molecule has 1 amide bonds. The van der Waals surface area contributed by atoms with Crippen molar-refractivity contribution in [1.82, 2.24) is 10.3 Å². The van der Waals surface area contributed by atoms with Gasteiger partial charge < -0.3 is 10.2 Å². The van der Waals surface area contributed by atoms with Crippen LogP contribution in [0.4, 0.5) is 5.82 Å². The lowest BCUT2D eigenvalue weighted by atomic mass is 9.87. The van der Waals surface area contributed by atoms with Crippen LogP contribution in [0, 0.1) is 0 Å². The number of hydrogen-bond acceptors (Lipinski definition) is 3. The number of pyridine rings is 1. The van der Waals surface area contributed by atoms with Gasteiger partial charge in [0.15, 0.2) is 0 Å². The van der Waals surface area contributed by atoms with E-state index in [9.17, 15) is 4.79 Å². The van der Waals surface area contributed by atoms with Crippen molar-refractivity contribution in [3.63, 3.8) is 0 Å². The third-order valence-electron chi connectivity index (χ3n) is 4.67. The summed E-state index contributed by atoms with van der Waals surface area (Å²) in [6.07, 6.45) is 2.46. The van der Waals surface area contributed by atoms with Crippen LogP contribution in [0.1, 0.15) is 55.2 Å². The largest absolute Gasteiger partial charge is 0.357 e. The minimum Gasteiger partial charge on any atom is -0.357 e. The molecule has 25 heavy (non-hydrogen) atoms. The van der Waals surface area contributed by atoms with E-state index in [0.717, 1.165) is 24.6 Å². The van der Waals surface area contributed by atoms with Gasteiger partial charge in [0.1, 0.15) is 5.82 Å². The second-order valence-electron chi connectivity index (χ2n) is 7.69. The Morgan fingerprint density at radius 3 is 2.40 bits per heavy atom. The van der Waals surface area contributed by atoms with Crippen LogP contribution in [0.2, 0.25) is 0 Å². The SMILES string of the molecule is CC(C)(C)c1ccc(C(=O)NCc2cccc(N3CCCC3)n2)cc1. The Labute approximate surface area is 150 Å². The van der Waals surface area contributed by atoms with E-state index < -0.39 is 0 Å². The number of aromatic nitrogens is 1. The molecule has 1 fully saturated rings. The maximum Gasteiger partial charge on any atom is 0.251 e. The average molecular weight is 337 g/mol. The van der Waals surface area contributed by atoms with Crippen LogP contribution in [-0.2, 0) is 12.0 Å². The van der Waals surface area contributed by atoms with E-state index in [1.54, 1.807) is 0 Å². The molecule has 1 aliphatic heterocycles. The molecule has 4 nitrogen and oxygen atoms in total. The Hall–Kier alpha value is -2.36. The van der Waals surface area contributed by atoms with Gasteiger partial charge >= 0.3 is 0 Å². The highest BCUT2D eigenvalue weighted by molar-refractivity contribution is 5.94. The molecular formula is C21H27N3O. The summed E-state index contributed by atoms with van der Waals surface area (Å²) in [7, 11) is 0. The van der Waals surface area contributed by atoms with E-state index in [4.69, 9.17) is 0 Å². The quantitative estimate of drug-likeness (QED) is 0.920. The van der Waals surface area contributed by atoms with Crippen LogP contribution < -0.4 is 10.2 Å². The van der Waals surface area contributed by atoms with Crippen molar-refractivity contribution in [1.29, 1.82) is 0 Å². The van der Waals surface area contributed by atoms with E-state index in [2.05, 4.69) is 36.0 Å². The van der Waals surface area contributed by atoms with Crippen LogP contribution in [0.15, 0.2) is 42.5 Å². The molecule has 2 heterocycles. The lowest BCUT2D eigenvalue weighted by molar-refractivity contribution is 0.0950. The number of amides is 1. The van der Waals surface area contributed by atoms with Crippen molar-refractivity contribution in [2.24, 2.45) is 0 Å². The first-order valence-corrected chi connectivity index (χ1v) is 9.03. The van der Waals surface area contributed by atoms with Crippen molar-refractivity contribution < 1.29 is 4.79 Å². The van der Waals surface area contributed by atoms with Gasteiger partial charge in [0, 0.05) is 18.7 Å². The smallest absolute Gasteiger partial charge is 0.251 e. The summed E-state index contributed by atoms with van der Waals surface area (Å²) >= 11 is 0. The van der Waals surface area contributed by atoms with Crippen molar-refractivity contribution in [2.75, 3.05) is 18.0 Å². The summed E-state index contributed by atoms with van der Waals surface area (Å²) in [4.78, 5) is 19.4. The molecule has 0 bridgehead atoms. The van der Waals surface area contributed by atoms with Gasteiger partial charge in [-0.1, -0.05) is 39.0 Å². The van der Waals surface area contributed by atoms with Gasteiger partial charge in [-0.3, -0.25) is 4.79 Å². The fourth-order valence-electron chi connectivity index (χ4n) is 3.08. The van der Waals surface area contributed by atoms with E-state index in [1.807, 2.05) is 42.5 Å². The first-order chi connectivity index (χ1) is 11.9. The summed E-state index contributed by atoms with van der Waals surface area (Å²) in [5.41, 5.74) is 2.89. The molecule has 1 saturated heterocycles. The van der Waals surface area contributed by atoms with E-state index >= 15 is 0 Å². The normalized spacial score (nSPS) is 14.6. The number of anilines is 1. The summed E-state index contributed by atoms with van der Waals surface area (Å²) in [6.45, 7) is 9.09. The van der Waals surface area contributed by atoms with Gasteiger partial charge in [-0.2, -0.15) is 0 Å². The molecule has 3 rings (SSSR count). The maximum absolute atomic E-state index is 12.4. The topological polar surface area (TPSA) is 45.2 Å². The van der Waals surface area contributed by atoms with Crippen molar-refractivity contribution in [2.45, 2.75) is 45.6 Å².